The molecule has 20 heavy (non-hydrogen) atoms. The Balaban J connectivity index is 1.67. The summed E-state index contributed by atoms with van der Waals surface area (Å²) in [4.78, 5) is 10.9. The highest BCUT2D eigenvalue weighted by molar-refractivity contribution is 5.23. The molecule has 1 aliphatic heterocycles. The van der Waals surface area contributed by atoms with Crippen LogP contribution < -0.4 is 0 Å². The maximum atomic E-state index is 12.5. The van der Waals surface area contributed by atoms with Crippen LogP contribution in [0.2, 0.25) is 0 Å². The highest BCUT2D eigenvalue weighted by Gasteiger charge is 2.18. The maximum Gasteiger partial charge on any atom is 0.263 e. The second-order valence-electron chi connectivity index (χ2n) is 4.95. The third-order valence-corrected chi connectivity index (χ3v) is 3.54. The molecular weight excluding hydrogens is 260 g/mol. The van der Waals surface area contributed by atoms with Crippen molar-refractivity contribution in [1.82, 2.24) is 14.9 Å². The molecule has 1 aromatic carbocycles. The average Bonchev–Trinajstić information content (AvgIpc) is 2.48. The maximum absolute atomic E-state index is 12.5. The number of alkyl halides is 2. The topological polar surface area (TPSA) is 29.0 Å². The number of hydrogen-bond donors (Lipinski definition) is 0. The highest BCUT2D eigenvalue weighted by atomic mass is 19.3. The molecule has 1 aliphatic rings. The third kappa shape index (κ3) is 2.82. The molecule has 0 fully saturated rings. The fourth-order valence-electron chi connectivity index (χ4n) is 2.45. The Kier molecular flexibility index (Phi) is 3.69. The minimum Gasteiger partial charge on any atom is -0.293 e. The molecule has 0 saturated heterocycles. The molecule has 0 unspecified atom stereocenters. The van der Waals surface area contributed by atoms with Crippen molar-refractivity contribution >= 4 is 0 Å². The van der Waals surface area contributed by atoms with Crippen molar-refractivity contribution in [2.75, 3.05) is 6.54 Å². The predicted molar refractivity (Wildman–Crippen MR) is 71.2 cm³/mol. The second-order valence-corrected chi connectivity index (χ2v) is 4.95. The van der Waals surface area contributed by atoms with Gasteiger partial charge in [-0.2, -0.15) is 0 Å². The average molecular weight is 275 g/mol. The van der Waals surface area contributed by atoms with Crippen molar-refractivity contribution in [3.05, 3.63) is 59.2 Å². The number of fused-ring (bicyclic) bond motifs is 1. The molecule has 0 atom stereocenters. The molecule has 3 nitrogen and oxygen atoms in total. The summed E-state index contributed by atoms with van der Waals surface area (Å²) < 4.78 is 25.0. The van der Waals surface area contributed by atoms with Crippen molar-refractivity contribution in [3.8, 4) is 0 Å². The standard InChI is InChI=1S/C15H15F2N3/c16-15(17)12-3-1-11(2-4-12)9-20-8-5-13-14(10-20)19-7-6-18-13/h1-4,6-7,15H,5,8-10H2. The van der Waals surface area contributed by atoms with Gasteiger partial charge in [0.2, 0.25) is 0 Å². The molecule has 0 N–H and O–H groups in total. The lowest BCUT2D eigenvalue weighted by molar-refractivity contribution is 0.151. The van der Waals surface area contributed by atoms with Gasteiger partial charge in [0.25, 0.3) is 6.43 Å². The molecule has 2 aromatic rings. The van der Waals surface area contributed by atoms with E-state index in [0.717, 1.165) is 43.0 Å². The first-order chi connectivity index (χ1) is 9.72. The molecule has 5 heteroatoms. The van der Waals surface area contributed by atoms with Gasteiger partial charge in [0.05, 0.1) is 11.4 Å². The number of benzene rings is 1. The first-order valence-corrected chi connectivity index (χ1v) is 6.60. The molecule has 3 rings (SSSR count). The van der Waals surface area contributed by atoms with Gasteiger partial charge < -0.3 is 0 Å². The van der Waals surface area contributed by atoms with Gasteiger partial charge >= 0.3 is 0 Å². The Morgan fingerprint density at radius 3 is 2.45 bits per heavy atom. The zero-order valence-corrected chi connectivity index (χ0v) is 11.0. The smallest absolute Gasteiger partial charge is 0.263 e. The zero-order valence-electron chi connectivity index (χ0n) is 11.0. The van der Waals surface area contributed by atoms with Crippen LogP contribution in [0.15, 0.2) is 36.7 Å². The van der Waals surface area contributed by atoms with Crippen LogP contribution in [-0.4, -0.2) is 21.4 Å². The molecule has 104 valence electrons. The largest absolute Gasteiger partial charge is 0.293 e. The summed E-state index contributed by atoms with van der Waals surface area (Å²) >= 11 is 0. The van der Waals surface area contributed by atoms with Crippen molar-refractivity contribution in [2.24, 2.45) is 0 Å². The highest BCUT2D eigenvalue weighted by Crippen LogP contribution is 2.21. The van der Waals surface area contributed by atoms with Gasteiger partial charge in [-0.05, 0) is 5.56 Å². The normalized spacial score (nSPS) is 15.3. The number of rotatable bonds is 3. The van der Waals surface area contributed by atoms with Crippen LogP contribution in [0.4, 0.5) is 8.78 Å². The number of hydrogen-bond acceptors (Lipinski definition) is 3. The van der Waals surface area contributed by atoms with Gasteiger partial charge in [-0.3, -0.25) is 14.9 Å². The summed E-state index contributed by atoms with van der Waals surface area (Å²) in [5.74, 6) is 0. The first-order valence-electron chi connectivity index (χ1n) is 6.60. The molecule has 0 aliphatic carbocycles. The Bertz CT molecular complexity index is 584. The Hall–Kier alpha value is -1.88. The fraction of sp³-hybridized carbons (Fsp3) is 0.333. The van der Waals surface area contributed by atoms with Gasteiger partial charge in [0, 0.05) is 44.0 Å². The summed E-state index contributed by atoms with van der Waals surface area (Å²) in [5.41, 5.74) is 3.20. The van der Waals surface area contributed by atoms with E-state index in [4.69, 9.17) is 0 Å². The van der Waals surface area contributed by atoms with Gasteiger partial charge in [-0.1, -0.05) is 24.3 Å². The minimum atomic E-state index is -2.40. The van der Waals surface area contributed by atoms with E-state index < -0.39 is 6.43 Å². The molecule has 0 spiro atoms. The predicted octanol–water partition coefficient (Wildman–Crippen LogP) is 2.97. The lowest BCUT2D eigenvalue weighted by Gasteiger charge is -2.27. The molecule has 1 aromatic heterocycles. The monoisotopic (exact) mass is 275 g/mol. The first kappa shape index (κ1) is 13.1. The minimum absolute atomic E-state index is 0.0728. The fourth-order valence-corrected chi connectivity index (χ4v) is 2.45. The van der Waals surface area contributed by atoms with Crippen LogP contribution in [0.3, 0.4) is 0 Å². The van der Waals surface area contributed by atoms with E-state index in [1.165, 1.54) is 12.1 Å². The third-order valence-electron chi connectivity index (χ3n) is 3.54. The van der Waals surface area contributed by atoms with Crippen molar-refractivity contribution in [1.29, 1.82) is 0 Å². The van der Waals surface area contributed by atoms with Crippen LogP contribution in [0.25, 0.3) is 0 Å². The van der Waals surface area contributed by atoms with Crippen molar-refractivity contribution in [2.45, 2.75) is 25.9 Å². The molecule has 0 bridgehead atoms. The molecular formula is C15H15F2N3. The quantitative estimate of drug-likeness (QED) is 0.862. The van der Waals surface area contributed by atoms with E-state index >= 15 is 0 Å². The van der Waals surface area contributed by atoms with Gasteiger partial charge in [-0.15, -0.1) is 0 Å². The lowest BCUT2D eigenvalue weighted by Crippen LogP contribution is -2.31. The van der Waals surface area contributed by atoms with Crippen molar-refractivity contribution in [3.63, 3.8) is 0 Å². The Labute approximate surface area is 116 Å². The second kappa shape index (κ2) is 5.63. The van der Waals surface area contributed by atoms with Gasteiger partial charge in [0.15, 0.2) is 0 Å². The van der Waals surface area contributed by atoms with Crippen LogP contribution in [0.1, 0.15) is 28.9 Å². The van der Waals surface area contributed by atoms with Gasteiger partial charge in [0.1, 0.15) is 0 Å². The van der Waals surface area contributed by atoms with Crippen LogP contribution >= 0.6 is 0 Å². The number of aromatic nitrogens is 2. The zero-order chi connectivity index (χ0) is 13.9. The molecule has 0 saturated carbocycles. The van der Waals surface area contributed by atoms with Crippen molar-refractivity contribution < 1.29 is 8.78 Å². The molecule has 2 heterocycles. The van der Waals surface area contributed by atoms with E-state index in [-0.39, 0.29) is 5.56 Å². The van der Waals surface area contributed by atoms with E-state index in [1.807, 2.05) is 0 Å². The summed E-state index contributed by atoms with van der Waals surface area (Å²) in [7, 11) is 0. The molecule has 0 amide bonds. The Morgan fingerprint density at radius 2 is 1.75 bits per heavy atom. The molecule has 0 radical (unpaired) electrons. The summed E-state index contributed by atoms with van der Waals surface area (Å²) in [5, 5.41) is 0. The summed E-state index contributed by atoms with van der Waals surface area (Å²) in [6, 6.07) is 6.54. The van der Waals surface area contributed by atoms with E-state index in [1.54, 1.807) is 24.5 Å². The number of nitrogens with zero attached hydrogens (tertiary/aromatic N) is 3. The van der Waals surface area contributed by atoms with E-state index in [0.29, 0.717) is 0 Å². The number of halogens is 2. The van der Waals surface area contributed by atoms with Gasteiger partial charge in [-0.25, -0.2) is 8.78 Å². The van der Waals surface area contributed by atoms with Crippen LogP contribution in [0.5, 0.6) is 0 Å². The summed E-state index contributed by atoms with van der Waals surface area (Å²) in [6.07, 6.45) is 1.91. The van der Waals surface area contributed by atoms with E-state index in [9.17, 15) is 8.78 Å². The van der Waals surface area contributed by atoms with Crippen LogP contribution in [-0.2, 0) is 19.5 Å². The summed E-state index contributed by atoms with van der Waals surface area (Å²) in [6.45, 7) is 2.43. The lowest BCUT2D eigenvalue weighted by atomic mass is 10.1. The Morgan fingerprint density at radius 1 is 1.05 bits per heavy atom. The van der Waals surface area contributed by atoms with Crippen LogP contribution in [0, 0.1) is 0 Å². The van der Waals surface area contributed by atoms with E-state index in [2.05, 4.69) is 14.9 Å². The SMILES string of the molecule is FC(F)c1ccc(CN2CCc3nccnc3C2)cc1.